The summed E-state index contributed by atoms with van der Waals surface area (Å²) >= 11 is 0. The average Bonchev–Trinajstić information content (AvgIpc) is 3.03. The van der Waals surface area contributed by atoms with Crippen LogP contribution in [-0.4, -0.2) is 35.7 Å². The second-order valence-electron chi connectivity index (χ2n) is 5.36. The minimum absolute atomic E-state index is 0.310. The maximum atomic E-state index is 10.7. The van der Waals surface area contributed by atoms with E-state index in [0.29, 0.717) is 29.4 Å². The molecule has 7 heteroatoms. The van der Waals surface area contributed by atoms with Gasteiger partial charge in [-0.15, -0.1) is 0 Å². The first-order valence-electron chi connectivity index (χ1n) is 7.44. The van der Waals surface area contributed by atoms with Gasteiger partial charge < -0.3 is 14.4 Å². The van der Waals surface area contributed by atoms with Crippen LogP contribution in [0.1, 0.15) is 11.4 Å². The number of hydrogen-bond acceptors (Lipinski definition) is 5. The summed E-state index contributed by atoms with van der Waals surface area (Å²) in [6, 6.07) is 15.2. The van der Waals surface area contributed by atoms with E-state index in [2.05, 4.69) is 10.1 Å². The second-order valence-corrected chi connectivity index (χ2v) is 5.36. The Morgan fingerprint density at radius 2 is 2.00 bits per heavy atom. The van der Waals surface area contributed by atoms with Gasteiger partial charge in [0.25, 0.3) is 5.89 Å². The van der Waals surface area contributed by atoms with E-state index in [1.807, 2.05) is 50.3 Å². The molecule has 1 heterocycles. The minimum Gasteiger partial charge on any atom is -0.481 e. The minimum atomic E-state index is -1.04. The van der Waals surface area contributed by atoms with Crippen molar-refractivity contribution >= 4 is 19.3 Å². The Balaban J connectivity index is 1.86. The average molecular weight is 322 g/mol. The van der Waals surface area contributed by atoms with Crippen molar-refractivity contribution in [3.63, 3.8) is 0 Å². The molecule has 0 unspecified atom stereocenters. The third kappa shape index (κ3) is 3.81. The first-order chi connectivity index (χ1) is 11.6. The van der Waals surface area contributed by atoms with E-state index in [4.69, 9.17) is 14.4 Å². The second kappa shape index (κ2) is 7.00. The van der Waals surface area contributed by atoms with Gasteiger partial charge in [-0.05, 0) is 11.6 Å². The van der Waals surface area contributed by atoms with Crippen LogP contribution in [0, 0.1) is 0 Å². The summed E-state index contributed by atoms with van der Waals surface area (Å²) in [4.78, 5) is 15.1. The molecule has 3 aromatic rings. The molecule has 0 aliphatic rings. The molecule has 120 valence electrons. The van der Waals surface area contributed by atoms with Gasteiger partial charge in [0.2, 0.25) is 0 Å². The highest BCUT2D eigenvalue weighted by atomic mass is 16.5. The molecule has 0 aliphatic carbocycles. The van der Waals surface area contributed by atoms with E-state index < -0.39 is 12.6 Å². The van der Waals surface area contributed by atoms with Crippen molar-refractivity contribution in [2.75, 3.05) is 6.61 Å². The van der Waals surface area contributed by atoms with Crippen LogP contribution in [0.15, 0.2) is 53.1 Å². The highest BCUT2D eigenvalue weighted by Gasteiger charge is 2.15. The third-order valence-electron chi connectivity index (χ3n) is 3.39. The van der Waals surface area contributed by atoms with Gasteiger partial charge in [-0.1, -0.05) is 53.1 Å². The molecule has 1 aromatic heterocycles. The zero-order valence-electron chi connectivity index (χ0n) is 13.1. The van der Waals surface area contributed by atoms with Gasteiger partial charge in [0.15, 0.2) is 12.4 Å². The summed E-state index contributed by atoms with van der Waals surface area (Å²) in [7, 11) is 1.92. The summed E-state index contributed by atoms with van der Waals surface area (Å²) in [5.74, 6) is 0.224. The van der Waals surface area contributed by atoms with E-state index >= 15 is 0 Å². The van der Waals surface area contributed by atoms with Crippen LogP contribution in [0.5, 0.6) is 5.75 Å². The van der Waals surface area contributed by atoms with Crippen LogP contribution in [0.4, 0.5) is 0 Å². The SMILES string of the molecule is Bc1ccc(OCC(=O)O)c(-c2nc(Cc3ccccc3)no2)c1. The molecular weight excluding hydrogens is 307 g/mol. The number of carboxylic acid groups (broad SMARTS) is 1. The molecule has 0 aliphatic heterocycles. The Hall–Kier alpha value is -3.09. The van der Waals surface area contributed by atoms with Crippen molar-refractivity contribution in [3.05, 3.63) is 59.9 Å². The summed E-state index contributed by atoms with van der Waals surface area (Å²) in [6.07, 6.45) is 0.557. The number of aliphatic carboxylic acids is 1. The molecular formula is C17H15BN2O4. The Morgan fingerprint density at radius 1 is 1.21 bits per heavy atom. The van der Waals surface area contributed by atoms with Gasteiger partial charge in [0.05, 0.1) is 5.56 Å². The lowest BCUT2D eigenvalue weighted by atomic mass is 9.94. The standard InChI is InChI=1S/C17H15BN2O4/c18-12-6-7-14(23-10-16(21)22)13(9-12)17-19-15(20-24-17)8-11-4-2-1-3-5-11/h1-7,9H,8,10,18H2,(H,21,22). The Bertz CT molecular complexity index is 849. The Morgan fingerprint density at radius 3 is 2.75 bits per heavy atom. The molecule has 0 radical (unpaired) electrons. The molecule has 0 fully saturated rings. The van der Waals surface area contributed by atoms with E-state index in [-0.39, 0.29) is 0 Å². The van der Waals surface area contributed by atoms with Gasteiger partial charge in [-0.2, -0.15) is 4.98 Å². The van der Waals surface area contributed by atoms with Crippen molar-refractivity contribution in [2.45, 2.75) is 6.42 Å². The molecule has 24 heavy (non-hydrogen) atoms. The fourth-order valence-corrected chi connectivity index (χ4v) is 2.29. The molecule has 0 atom stereocenters. The number of rotatable bonds is 6. The molecule has 2 aromatic carbocycles. The topological polar surface area (TPSA) is 85.5 Å². The molecule has 0 spiro atoms. The largest absolute Gasteiger partial charge is 0.481 e. The van der Waals surface area contributed by atoms with Crippen molar-refractivity contribution in [1.29, 1.82) is 0 Å². The zero-order chi connectivity index (χ0) is 16.9. The third-order valence-corrected chi connectivity index (χ3v) is 3.39. The van der Waals surface area contributed by atoms with E-state index in [9.17, 15) is 4.79 Å². The molecule has 1 N–H and O–H groups in total. The van der Waals surface area contributed by atoms with E-state index in [1.165, 1.54) is 0 Å². The van der Waals surface area contributed by atoms with Gasteiger partial charge in [-0.25, -0.2) is 4.79 Å². The van der Waals surface area contributed by atoms with Crippen molar-refractivity contribution < 1.29 is 19.2 Å². The fraction of sp³-hybridized carbons (Fsp3) is 0.118. The van der Waals surface area contributed by atoms with Crippen LogP contribution in [-0.2, 0) is 11.2 Å². The normalized spacial score (nSPS) is 10.5. The predicted molar refractivity (Wildman–Crippen MR) is 90.3 cm³/mol. The molecule has 3 rings (SSSR count). The van der Waals surface area contributed by atoms with E-state index in [0.717, 1.165) is 11.0 Å². The molecule has 0 saturated heterocycles. The Kier molecular flexibility index (Phi) is 4.60. The predicted octanol–water partition coefficient (Wildman–Crippen LogP) is 1.05. The summed E-state index contributed by atoms with van der Waals surface area (Å²) < 4.78 is 10.6. The van der Waals surface area contributed by atoms with Gasteiger partial charge in [-0.3, -0.25) is 0 Å². The van der Waals surface area contributed by atoms with Crippen LogP contribution < -0.4 is 10.2 Å². The lowest BCUT2D eigenvalue weighted by Crippen LogP contribution is -2.11. The lowest BCUT2D eigenvalue weighted by Gasteiger charge is -2.08. The molecule has 6 nitrogen and oxygen atoms in total. The quantitative estimate of drug-likeness (QED) is 0.683. The maximum Gasteiger partial charge on any atom is 0.341 e. The number of carboxylic acids is 1. The van der Waals surface area contributed by atoms with Crippen LogP contribution in [0.25, 0.3) is 11.5 Å². The van der Waals surface area contributed by atoms with Crippen LogP contribution >= 0.6 is 0 Å². The number of hydrogen-bond donors (Lipinski definition) is 1. The fourth-order valence-electron chi connectivity index (χ4n) is 2.29. The summed E-state index contributed by atoms with van der Waals surface area (Å²) in [5.41, 5.74) is 2.65. The van der Waals surface area contributed by atoms with Gasteiger partial charge in [0, 0.05) is 6.42 Å². The summed E-state index contributed by atoms with van der Waals surface area (Å²) in [6.45, 7) is -0.429. The highest BCUT2D eigenvalue weighted by Crippen LogP contribution is 2.28. The number of carbonyl (C=O) groups is 1. The number of nitrogens with zero attached hydrogens (tertiary/aromatic N) is 2. The number of benzene rings is 2. The molecule has 0 saturated carbocycles. The van der Waals surface area contributed by atoms with Gasteiger partial charge in [0.1, 0.15) is 13.6 Å². The lowest BCUT2D eigenvalue weighted by molar-refractivity contribution is -0.139. The van der Waals surface area contributed by atoms with Crippen molar-refractivity contribution in [1.82, 2.24) is 10.1 Å². The number of aromatic nitrogens is 2. The van der Waals surface area contributed by atoms with Crippen LogP contribution in [0.3, 0.4) is 0 Å². The first kappa shape index (κ1) is 15.8. The smallest absolute Gasteiger partial charge is 0.341 e. The van der Waals surface area contributed by atoms with Crippen molar-refractivity contribution in [3.8, 4) is 17.2 Å². The Labute approximate surface area is 139 Å². The van der Waals surface area contributed by atoms with E-state index in [1.54, 1.807) is 6.07 Å². The van der Waals surface area contributed by atoms with Crippen LogP contribution in [0.2, 0.25) is 0 Å². The maximum absolute atomic E-state index is 10.7. The molecule has 0 amide bonds. The number of ether oxygens (including phenoxy) is 1. The first-order valence-corrected chi connectivity index (χ1v) is 7.44. The van der Waals surface area contributed by atoms with Crippen molar-refractivity contribution in [2.24, 2.45) is 0 Å². The highest BCUT2D eigenvalue weighted by molar-refractivity contribution is 6.32. The summed E-state index contributed by atoms with van der Waals surface area (Å²) in [5, 5.41) is 12.8. The van der Waals surface area contributed by atoms with Gasteiger partial charge >= 0.3 is 5.97 Å². The zero-order valence-corrected chi connectivity index (χ0v) is 13.1. The monoisotopic (exact) mass is 322 g/mol. The molecule has 0 bridgehead atoms.